The molecule has 2 aromatic rings. The smallest absolute Gasteiger partial charge is 0.118 e. The van der Waals surface area contributed by atoms with Crippen molar-refractivity contribution < 1.29 is 5.11 Å². The Morgan fingerprint density at radius 2 is 1.56 bits per heavy atom. The summed E-state index contributed by atoms with van der Waals surface area (Å²) in [5.41, 5.74) is 1.02. The fourth-order valence-electron chi connectivity index (χ4n) is 1.52. The topological polar surface area (TPSA) is 20.2 Å². The highest BCUT2D eigenvalue weighted by atomic mass is 32.2. The van der Waals surface area contributed by atoms with E-state index in [0.717, 1.165) is 17.7 Å². The quantitative estimate of drug-likeness (QED) is 0.808. The Balaban J connectivity index is 1.87. The van der Waals surface area contributed by atoms with E-state index in [1.807, 2.05) is 48.2 Å². The Morgan fingerprint density at radius 1 is 0.875 bits per heavy atom. The third-order valence-corrected chi connectivity index (χ3v) is 3.39. The highest BCUT2D eigenvalue weighted by Crippen LogP contribution is 2.21. The zero-order chi connectivity index (χ0) is 11.2. The molecule has 0 atom stereocenters. The first-order chi connectivity index (χ1) is 7.86. The van der Waals surface area contributed by atoms with Crippen LogP contribution in [0.4, 0.5) is 0 Å². The summed E-state index contributed by atoms with van der Waals surface area (Å²) in [5, 5.41) is 9.60. The van der Waals surface area contributed by atoms with E-state index >= 15 is 0 Å². The van der Waals surface area contributed by atoms with Gasteiger partial charge in [-0.3, -0.25) is 0 Å². The highest BCUT2D eigenvalue weighted by Gasteiger charge is 1.99. The number of hydrogen-bond acceptors (Lipinski definition) is 2. The van der Waals surface area contributed by atoms with Crippen LogP contribution in [-0.2, 0) is 6.42 Å². The molecular weight excluding hydrogens is 216 g/mol. The first kappa shape index (κ1) is 11.1. The third kappa shape index (κ3) is 3.04. The molecular formula is C14H14OS. The Bertz CT molecular complexity index is 439. The SMILES string of the molecule is Oc1ccccc1CCSc1ccccc1. The van der Waals surface area contributed by atoms with Crippen LogP contribution in [0.3, 0.4) is 0 Å². The Hall–Kier alpha value is -1.41. The molecule has 0 aliphatic carbocycles. The van der Waals surface area contributed by atoms with Crippen molar-refractivity contribution >= 4 is 11.8 Å². The van der Waals surface area contributed by atoms with Crippen LogP contribution in [0, 0.1) is 0 Å². The van der Waals surface area contributed by atoms with Gasteiger partial charge in [0.1, 0.15) is 5.75 Å². The molecule has 0 amide bonds. The Morgan fingerprint density at radius 3 is 2.31 bits per heavy atom. The van der Waals surface area contributed by atoms with E-state index in [2.05, 4.69) is 12.1 Å². The van der Waals surface area contributed by atoms with Crippen LogP contribution in [0.2, 0.25) is 0 Å². The summed E-state index contributed by atoms with van der Waals surface area (Å²) in [7, 11) is 0. The van der Waals surface area contributed by atoms with E-state index < -0.39 is 0 Å². The van der Waals surface area contributed by atoms with E-state index in [4.69, 9.17) is 0 Å². The molecule has 0 aliphatic heterocycles. The van der Waals surface area contributed by atoms with E-state index in [1.165, 1.54) is 4.90 Å². The van der Waals surface area contributed by atoms with Gasteiger partial charge in [0.2, 0.25) is 0 Å². The maximum atomic E-state index is 9.60. The first-order valence-electron chi connectivity index (χ1n) is 5.31. The largest absolute Gasteiger partial charge is 0.508 e. The lowest BCUT2D eigenvalue weighted by Crippen LogP contribution is -1.88. The van der Waals surface area contributed by atoms with Gasteiger partial charge in [-0.1, -0.05) is 36.4 Å². The van der Waals surface area contributed by atoms with Gasteiger partial charge >= 0.3 is 0 Å². The van der Waals surface area contributed by atoms with E-state index in [0.29, 0.717) is 5.75 Å². The van der Waals surface area contributed by atoms with Crippen molar-refractivity contribution in [2.24, 2.45) is 0 Å². The summed E-state index contributed by atoms with van der Waals surface area (Å²) in [6, 6.07) is 17.8. The lowest BCUT2D eigenvalue weighted by molar-refractivity contribution is 0.469. The molecule has 2 aromatic carbocycles. The van der Waals surface area contributed by atoms with Gasteiger partial charge in [-0.2, -0.15) is 0 Å². The summed E-state index contributed by atoms with van der Waals surface area (Å²) in [6.07, 6.45) is 0.895. The molecule has 16 heavy (non-hydrogen) atoms. The molecule has 0 spiro atoms. The molecule has 0 heterocycles. The molecule has 0 fully saturated rings. The van der Waals surface area contributed by atoms with Crippen LogP contribution in [0.5, 0.6) is 5.75 Å². The average Bonchev–Trinajstić information content (AvgIpc) is 2.33. The van der Waals surface area contributed by atoms with Gasteiger partial charge in [-0.05, 0) is 30.2 Å². The maximum absolute atomic E-state index is 9.60. The van der Waals surface area contributed by atoms with Crippen LogP contribution in [-0.4, -0.2) is 10.9 Å². The van der Waals surface area contributed by atoms with Crippen molar-refractivity contribution in [2.75, 3.05) is 5.75 Å². The van der Waals surface area contributed by atoms with Crippen LogP contribution < -0.4 is 0 Å². The van der Waals surface area contributed by atoms with E-state index in [1.54, 1.807) is 6.07 Å². The molecule has 0 radical (unpaired) electrons. The number of phenolic OH excluding ortho intramolecular Hbond substituents is 1. The monoisotopic (exact) mass is 230 g/mol. The lowest BCUT2D eigenvalue weighted by atomic mass is 10.1. The van der Waals surface area contributed by atoms with Crippen LogP contribution in [0.15, 0.2) is 59.5 Å². The van der Waals surface area contributed by atoms with Gasteiger partial charge in [0.15, 0.2) is 0 Å². The van der Waals surface area contributed by atoms with Gasteiger partial charge < -0.3 is 5.11 Å². The van der Waals surface area contributed by atoms with Crippen molar-refractivity contribution in [1.82, 2.24) is 0 Å². The van der Waals surface area contributed by atoms with Crippen LogP contribution in [0.25, 0.3) is 0 Å². The minimum atomic E-state index is 0.399. The Kier molecular flexibility index (Phi) is 3.89. The van der Waals surface area contributed by atoms with Gasteiger partial charge in [0.05, 0.1) is 0 Å². The molecule has 0 saturated heterocycles. The number of para-hydroxylation sites is 1. The molecule has 0 saturated carbocycles. The van der Waals surface area contributed by atoms with Gasteiger partial charge in [0, 0.05) is 10.6 Å². The number of benzene rings is 2. The molecule has 82 valence electrons. The number of phenols is 1. The minimum absolute atomic E-state index is 0.399. The number of thioether (sulfide) groups is 1. The van der Waals surface area contributed by atoms with Crippen molar-refractivity contribution in [2.45, 2.75) is 11.3 Å². The third-order valence-electron chi connectivity index (χ3n) is 2.37. The molecule has 2 heteroatoms. The number of rotatable bonds is 4. The second-order valence-corrected chi connectivity index (χ2v) is 4.71. The van der Waals surface area contributed by atoms with Gasteiger partial charge in [-0.15, -0.1) is 11.8 Å². The molecule has 0 bridgehead atoms. The zero-order valence-corrected chi connectivity index (χ0v) is 9.78. The van der Waals surface area contributed by atoms with Crippen molar-refractivity contribution in [3.63, 3.8) is 0 Å². The number of aromatic hydroxyl groups is 1. The summed E-state index contributed by atoms with van der Waals surface area (Å²) >= 11 is 1.81. The van der Waals surface area contributed by atoms with Crippen molar-refractivity contribution in [1.29, 1.82) is 0 Å². The van der Waals surface area contributed by atoms with E-state index in [-0.39, 0.29) is 0 Å². The minimum Gasteiger partial charge on any atom is -0.508 e. The number of hydrogen-bond donors (Lipinski definition) is 1. The predicted molar refractivity (Wildman–Crippen MR) is 69.0 cm³/mol. The molecule has 0 unspecified atom stereocenters. The summed E-state index contributed by atoms with van der Waals surface area (Å²) in [4.78, 5) is 1.28. The zero-order valence-electron chi connectivity index (χ0n) is 8.97. The van der Waals surface area contributed by atoms with Gasteiger partial charge in [0.25, 0.3) is 0 Å². The van der Waals surface area contributed by atoms with Crippen LogP contribution >= 0.6 is 11.8 Å². The molecule has 0 aromatic heterocycles. The fraction of sp³-hybridized carbons (Fsp3) is 0.143. The fourth-order valence-corrected chi connectivity index (χ4v) is 2.43. The number of aryl methyl sites for hydroxylation is 1. The molecule has 1 nitrogen and oxygen atoms in total. The summed E-state index contributed by atoms with van der Waals surface area (Å²) in [5.74, 6) is 1.39. The van der Waals surface area contributed by atoms with Crippen LogP contribution in [0.1, 0.15) is 5.56 Å². The normalized spacial score (nSPS) is 10.2. The Labute approximate surface area is 100 Å². The molecule has 0 aliphatic rings. The standard InChI is InChI=1S/C14H14OS/c15-14-9-5-4-6-12(14)10-11-16-13-7-2-1-3-8-13/h1-9,15H,10-11H2. The average molecular weight is 230 g/mol. The van der Waals surface area contributed by atoms with E-state index in [9.17, 15) is 5.11 Å². The summed E-state index contributed by atoms with van der Waals surface area (Å²) in [6.45, 7) is 0. The first-order valence-corrected chi connectivity index (χ1v) is 6.29. The predicted octanol–water partition coefficient (Wildman–Crippen LogP) is 3.73. The van der Waals surface area contributed by atoms with Crippen molar-refractivity contribution in [3.05, 3.63) is 60.2 Å². The molecule has 1 N–H and O–H groups in total. The van der Waals surface area contributed by atoms with Gasteiger partial charge in [-0.25, -0.2) is 0 Å². The lowest BCUT2D eigenvalue weighted by Gasteiger charge is -2.04. The summed E-state index contributed by atoms with van der Waals surface area (Å²) < 4.78 is 0. The highest BCUT2D eigenvalue weighted by molar-refractivity contribution is 7.99. The molecule has 2 rings (SSSR count). The second-order valence-electron chi connectivity index (χ2n) is 3.54. The van der Waals surface area contributed by atoms with Crippen molar-refractivity contribution in [3.8, 4) is 5.75 Å². The maximum Gasteiger partial charge on any atom is 0.118 e. The second kappa shape index (κ2) is 5.61.